The molecule has 0 amide bonds. The average Bonchev–Trinajstić information content (AvgIpc) is 3.00. The topological polar surface area (TPSA) is 29.3 Å². The maximum Gasteiger partial charge on any atom is 0.0332 e. The van der Waals surface area contributed by atoms with E-state index in [2.05, 4.69) is 18.7 Å². The first kappa shape index (κ1) is 16.3. The first-order chi connectivity index (χ1) is 9.74. The molecule has 0 saturated heterocycles. The van der Waals surface area contributed by atoms with Crippen LogP contribution < -0.4 is 5.73 Å². The van der Waals surface area contributed by atoms with E-state index in [1.165, 1.54) is 77.3 Å². The van der Waals surface area contributed by atoms with Crippen molar-refractivity contribution in [3.8, 4) is 0 Å². The standard InChI is InChI=1S/C18H36N2/c1-3-13-20(14-17-7-5-6-8-17)18(15-19)11-9-16(4-2)10-12-18/h16-17H,3-15,19H2,1-2H3. The van der Waals surface area contributed by atoms with Gasteiger partial charge in [0.25, 0.3) is 0 Å². The monoisotopic (exact) mass is 280 g/mol. The Morgan fingerprint density at radius 2 is 1.65 bits per heavy atom. The quantitative estimate of drug-likeness (QED) is 0.758. The summed E-state index contributed by atoms with van der Waals surface area (Å²) < 4.78 is 0. The molecule has 0 aliphatic heterocycles. The summed E-state index contributed by atoms with van der Waals surface area (Å²) in [6.07, 6.45) is 13.9. The van der Waals surface area contributed by atoms with Gasteiger partial charge < -0.3 is 5.73 Å². The fourth-order valence-electron chi connectivity index (χ4n) is 4.57. The van der Waals surface area contributed by atoms with Crippen molar-refractivity contribution in [1.82, 2.24) is 4.90 Å². The van der Waals surface area contributed by atoms with E-state index in [-0.39, 0.29) is 0 Å². The maximum absolute atomic E-state index is 6.29. The number of nitrogens with two attached hydrogens (primary N) is 1. The lowest BCUT2D eigenvalue weighted by Crippen LogP contribution is -2.57. The third-order valence-electron chi connectivity index (χ3n) is 6.11. The Morgan fingerprint density at radius 3 is 2.15 bits per heavy atom. The van der Waals surface area contributed by atoms with Crippen molar-refractivity contribution in [3.05, 3.63) is 0 Å². The molecule has 2 aliphatic rings. The first-order valence-corrected chi connectivity index (χ1v) is 9.19. The lowest BCUT2D eigenvalue weighted by atomic mass is 9.74. The molecular weight excluding hydrogens is 244 g/mol. The van der Waals surface area contributed by atoms with Crippen molar-refractivity contribution in [3.63, 3.8) is 0 Å². The molecule has 2 heteroatoms. The highest BCUT2D eigenvalue weighted by Crippen LogP contribution is 2.39. The van der Waals surface area contributed by atoms with Crippen molar-refractivity contribution < 1.29 is 0 Å². The third kappa shape index (κ3) is 3.76. The van der Waals surface area contributed by atoms with Crippen LogP contribution >= 0.6 is 0 Å². The van der Waals surface area contributed by atoms with Crippen LogP contribution in [0.2, 0.25) is 0 Å². The van der Waals surface area contributed by atoms with Crippen LogP contribution in [0.25, 0.3) is 0 Å². The molecule has 0 unspecified atom stereocenters. The second-order valence-electron chi connectivity index (χ2n) is 7.38. The van der Waals surface area contributed by atoms with Crippen molar-refractivity contribution in [2.24, 2.45) is 17.6 Å². The zero-order valence-electron chi connectivity index (χ0n) is 13.9. The molecule has 0 aromatic heterocycles. The fraction of sp³-hybridized carbons (Fsp3) is 1.00. The van der Waals surface area contributed by atoms with Crippen LogP contribution in [0.3, 0.4) is 0 Å². The zero-order valence-corrected chi connectivity index (χ0v) is 13.9. The molecule has 2 N–H and O–H groups in total. The van der Waals surface area contributed by atoms with Gasteiger partial charge in [0.2, 0.25) is 0 Å². The van der Waals surface area contributed by atoms with Crippen molar-refractivity contribution in [2.75, 3.05) is 19.6 Å². The van der Waals surface area contributed by atoms with E-state index in [9.17, 15) is 0 Å². The van der Waals surface area contributed by atoms with E-state index in [0.29, 0.717) is 5.54 Å². The molecule has 118 valence electrons. The van der Waals surface area contributed by atoms with Gasteiger partial charge in [0.1, 0.15) is 0 Å². The Bertz CT molecular complexity index is 263. The summed E-state index contributed by atoms with van der Waals surface area (Å²) in [6, 6.07) is 0. The minimum atomic E-state index is 0.338. The fourth-order valence-corrected chi connectivity index (χ4v) is 4.57. The Hall–Kier alpha value is -0.0800. The van der Waals surface area contributed by atoms with Crippen LogP contribution in [0, 0.1) is 11.8 Å². The Morgan fingerprint density at radius 1 is 1.00 bits per heavy atom. The minimum absolute atomic E-state index is 0.338. The highest BCUT2D eigenvalue weighted by atomic mass is 15.2. The van der Waals surface area contributed by atoms with E-state index in [0.717, 1.165) is 18.4 Å². The van der Waals surface area contributed by atoms with E-state index in [4.69, 9.17) is 5.73 Å². The second kappa shape index (κ2) is 7.79. The summed E-state index contributed by atoms with van der Waals surface area (Å²) in [5, 5.41) is 0. The van der Waals surface area contributed by atoms with Gasteiger partial charge in [-0.1, -0.05) is 33.1 Å². The van der Waals surface area contributed by atoms with Crippen molar-refractivity contribution in [2.45, 2.75) is 83.6 Å². The van der Waals surface area contributed by atoms with Crippen LogP contribution in [0.1, 0.15) is 78.1 Å². The van der Waals surface area contributed by atoms with Gasteiger partial charge in [-0.15, -0.1) is 0 Å². The van der Waals surface area contributed by atoms with E-state index >= 15 is 0 Å². The predicted octanol–water partition coefficient (Wildman–Crippen LogP) is 4.19. The molecule has 0 spiro atoms. The van der Waals surface area contributed by atoms with Gasteiger partial charge in [-0.2, -0.15) is 0 Å². The number of hydrogen-bond donors (Lipinski definition) is 1. The van der Waals surface area contributed by atoms with E-state index < -0.39 is 0 Å². The Kier molecular flexibility index (Phi) is 6.35. The summed E-state index contributed by atoms with van der Waals surface area (Å²) in [7, 11) is 0. The van der Waals surface area contributed by atoms with Crippen LogP contribution in [-0.4, -0.2) is 30.1 Å². The smallest absolute Gasteiger partial charge is 0.0332 e. The summed E-state index contributed by atoms with van der Waals surface area (Å²) in [4.78, 5) is 2.81. The van der Waals surface area contributed by atoms with Crippen LogP contribution in [0.15, 0.2) is 0 Å². The lowest BCUT2D eigenvalue weighted by Gasteiger charge is -2.48. The van der Waals surface area contributed by atoms with Gasteiger partial charge in [-0.05, 0) is 63.3 Å². The molecule has 0 heterocycles. The van der Waals surface area contributed by atoms with Gasteiger partial charge in [-0.3, -0.25) is 4.90 Å². The molecule has 2 saturated carbocycles. The average molecular weight is 280 g/mol. The van der Waals surface area contributed by atoms with Gasteiger partial charge >= 0.3 is 0 Å². The molecule has 2 aliphatic carbocycles. The van der Waals surface area contributed by atoms with Crippen molar-refractivity contribution in [1.29, 1.82) is 0 Å². The molecule has 2 nitrogen and oxygen atoms in total. The molecule has 0 aromatic carbocycles. The van der Waals surface area contributed by atoms with E-state index in [1.807, 2.05) is 0 Å². The number of hydrogen-bond acceptors (Lipinski definition) is 2. The number of nitrogens with zero attached hydrogens (tertiary/aromatic N) is 1. The van der Waals surface area contributed by atoms with Gasteiger partial charge in [0.15, 0.2) is 0 Å². The maximum atomic E-state index is 6.29. The SMILES string of the molecule is CCCN(CC1CCCC1)C1(CN)CCC(CC)CC1. The molecule has 20 heavy (non-hydrogen) atoms. The van der Waals surface area contributed by atoms with Crippen LogP contribution in [0.4, 0.5) is 0 Å². The summed E-state index contributed by atoms with van der Waals surface area (Å²) in [6.45, 7) is 8.12. The van der Waals surface area contributed by atoms with Crippen LogP contribution in [0.5, 0.6) is 0 Å². The normalized spacial score (nSPS) is 32.1. The summed E-state index contributed by atoms with van der Waals surface area (Å²) >= 11 is 0. The van der Waals surface area contributed by atoms with Crippen LogP contribution in [-0.2, 0) is 0 Å². The molecule has 2 fully saturated rings. The Balaban J connectivity index is 2.00. The molecule has 0 radical (unpaired) electrons. The van der Waals surface area contributed by atoms with Crippen molar-refractivity contribution >= 4 is 0 Å². The highest BCUT2D eigenvalue weighted by Gasteiger charge is 2.39. The predicted molar refractivity (Wildman–Crippen MR) is 87.9 cm³/mol. The van der Waals surface area contributed by atoms with E-state index in [1.54, 1.807) is 0 Å². The molecule has 0 atom stereocenters. The summed E-state index contributed by atoms with van der Waals surface area (Å²) in [5.74, 6) is 1.92. The van der Waals surface area contributed by atoms with Gasteiger partial charge in [0.05, 0.1) is 0 Å². The molecule has 0 aromatic rings. The first-order valence-electron chi connectivity index (χ1n) is 9.19. The lowest BCUT2D eigenvalue weighted by molar-refractivity contribution is 0.0294. The highest BCUT2D eigenvalue weighted by molar-refractivity contribution is 4.96. The molecule has 0 bridgehead atoms. The van der Waals surface area contributed by atoms with Gasteiger partial charge in [0, 0.05) is 18.6 Å². The molecular formula is C18H36N2. The Labute approximate surface area is 126 Å². The third-order valence-corrected chi connectivity index (χ3v) is 6.11. The summed E-state index contributed by atoms with van der Waals surface area (Å²) in [5.41, 5.74) is 6.63. The second-order valence-corrected chi connectivity index (χ2v) is 7.38. The minimum Gasteiger partial charge on any atom is -0.329 e. The number of rotatable bonds is 7. The largest absolute Gasteiger partial charge is 0.329 e. The molecule has 2 rings (SSSR count). The zero-order chi connectivity index (χ0) is 14.4. The van der Waals surface area contributed by atoms with Gasteiger partial charge in [-0.25, -0.2) is 0 Å².